The van der Waals surface area contributed by atoms with E-state index < -0.39 is 11.7 Å². The first kappa shape index (κ1) is 18.1. The van der Waals surface area contributed by atoms with Crippen molar-refractivity contribution >= 4 is 17.2 Å². The molecule has 3 aliphatic rings. The lowest BCUT2D eigenvalue weighted by Crippen LogP contribution is -2.45. The number of nitrogens with zero attached hydrogens (tertiary/aromatic N) is 2. The Morgan fingerprint density at radius 2 is 2.14 bits per heavy atom. The highest BCUT2D eigenvalue weighted by Crippen LogP contribution is 2.58. The Morgan fingerprint density at radius 3 is 2.83 bits per heavy atom. The van der Waals surface area contributed by atoms with Crippen LogP contribution in [-0.2, 0) is 10.2 Å². The van der Waals surface area contributed by atoms with Gasteiger partial charge in [0.1, 0.15) is 5.65 Å². The summed E-state index contributed by atoms with van der Waals surface area (Å²) in [6.45, 7) is 4.81. The molecule has 150 valence electrons. The average Bonchev–Trinajstić information content (AvgIpc) is 3.32. The predicted molar refractivity (Wildman–Crippen MR) is 106 cm³/mol. The standard InChI is InChI=1S/C22H22FN3O3/c1-13-7-14(24-20(27)15-5-4-6-16(23)18(15)28-3)8-26-9-17(25-19(13)26)22-10-21(2,11-22)29-12-22/h4-9H,10-12H2,1-3H3,(H,24,27). The van der Waals surface area contributed by atoms with Crippen molar-refractivity contribution in [2.75, 3.05) is 19.0 Å². The number of fused-ring (bicyclic) bond motifs is 2. The highest BCUT2D eigenvalue weighted by atomic mass is 19.1. The molecule has 6 nitrogen and oxygen atoms in total. The number of pyridine rings is 1. The van der Waals surface area contributed by atoms with Gasteiger partial charge in [-0.1, -0.05) is 6.07 Å². The van der Waals surface area contributed by atoms with Gasteiger partial charge in [-0.25, -0.2) is 9.37 Å². The molecule has 1 saturated carbocycles. The highest BCUT2D eigenvalue weighted by molar-refractivity contribution is 6.06. The minimum atomic E-state index is -0.573. The summed E-state index contributed by atoms with van der Waals surface area (Å²) in [7, 11) is 1.34. The van der Waals surface area contributed by atoms with E-state index in [0.717, 1.165) is 29.7 Å². The van der Waals surface area contributed by atoms with Gasteiger partial charge in [-0.2, -0.15) is 0 Å². The summed E-state index contributed by atoms with van der Waals surface area (Å²) in [5, 5.41) is 2.84. The van der Waals surface area contributed by atoms with Gasteiger partial charge in [-0.05, 0) is 50.5 Å². The van der Waals surface area contributed by atoms with Crippen LogP contribution in [0.2, 0.25) is 0 Å². The molecule has 0 atom stereocenters. The van der Waals surface area contributed by atoms with Gasteiger partial charge in [-0.3, -0.25) is 4.79 Å². The maximum Gasteiger partial charge on any atom is 0.259 e. The van der Waals surface area contributed by atoms with E-state index in [0.29, 0.717) is 12.3 Å². The first-order chi connectivity index (χ1) is 13.8. The van der Waals surface area contributed by atoms with E-state index in [9.17, 15) is 9.18 Å². The summed E-state index contributed by atoms with van der Waals surface area (Å²) in [5.41, 5.74) is 3.58. The van der Waals surface area contributed by atoms with E-state index in [-0.39, 0.29) is 22.3 Å². The third kappa shape index (κ3) is 2.72. The second kappa shape index (κ2) is 6.03. The van der Waals surface area contributed by atoms with E-state index in [1.165, 1.54) is 25.3 Å². The van der Waals surface area contributed by atoms with Crippen molar-refractivity contribution in [3.63, 3.8) is 0 Å². The third-order valence-electron chi connectivity index (χ3n) is 6.07. The third-order valence-corrected chi connectivity index (χ3v) is 6.07. The fraction of sp³-hybridized carbons (Fsp3) is 0.364. The Kier molecular flexibility index (Phi) is 3.77. The molecule has 0 spiro atoms. The average molecular weight is 395 g/mol. The normalized spacial score (nSPS) is 25.1. The zero-order valence-corrected chi connectivity index (χ0v) is 16.6. The SMILES string of the molecule is COc1c(F)cccc1C(=O)Nc1cc(C)c2nc(C34COC(C)(C3)C4)cn2c1. The van der Waals surface area contributed by atoms with Gasteiger partial charge >= 0.3 is 0 Å². The molecule has 1 amide bonds. The van der Waals surface area contributed by atoms with Crippen molar-refractivity contribution < 1.29 is 18.7 Å². The van der Waals surface area contributed by atoms with E-state index in [2.05, 4.69) is 12.2 Å². The number of hydrogen-bond acceptors (Lipinski definition) is 4. The van der Waals surface area contributed by atoms with E-state index in [4.69, 9.17) is 14.5 Å². The van der Waals surface area contributed by atoms with Crippen molar-refractivity contribution in [2.45, 2.75) is 37.7 Å². The summed E-state index contributed by atoms with van der Waals surface area (Å²) in [6.07, 6.45) is 5.83. The fourth-order valence-corrected chi connectivity index (χ4v) is 4.84. The summed E-state index contributed by atoms with van der Waals surface area (Å²) in [5.74, 6) is -1.07. The number of rotatable bonds is 4. The summed E-state index contributed by atoms with van der Waals surface area (Å²) in [4.78, 5) is 17.6. The second-order valence-electron chi connectivity index (χ2n) is 8.42. The Hall–Kier alpha value is -2.93. The van der Waals surface area contributed by atoms with Gasteiger partial charge < -0.3 is 19.2 Å². The largest absolute Gasteiger partial charge is 0.493 e. The molecule has 0 unspecified atom stereocenters. The molecule has 2 saturated heterocycles. The molecular formula is C22H22FN3O3. The van der Waals surface area contributed by atoms with Gasteiger partial charge in [0.05, 0.1) is 36.3 Å². The number of aromatic nitrogens is 2. The number of hydrogen-bond donors (Lipinski definition) is 1. The summed E-state index contributed by atoms with van der Waals surface area (Å²) >= 11 is 0. The lowest BCUT2D eigenvalue weighted by Gasteiger charge is -2.41. The molecule has 1 N–H and O–H groups in total. The topological polar surface area (TPSA) is 64.9 Å². The fourth-order valence-electron chi connectivity index (χ4n) is 4.84. The van der Waals surface area contributed by atoms with E-state index >= 15 is 0 Å². The number of halogens is 1. The van der Waals surface area contributed by atoms with Crippen LogP contribution in [0.3, 0.4) is 0 Å². The number of ether oxygens (including phenoxy) is 2. The van der Waals surface area contributed by atoms with Crippen LogP contribution < -0.4 is 10.1 Å². The molecule has 7 heteroatoms. The molecule has 3 aromatic rings. The van der Waals surface area contributed by atoms with Gasteiger partial charge in [0, 0.05) is 17.8 Å². The number of nitrogens with one attached hydrogen (secondary N) is 1. The minimum absolute atomic E-state index is 0.00551. The lowest BCUT2D eigenvalue weighted by molar-refractivity contribution is 0.0154. The van der Waals surface area contributed by atoms with Crippen LogP contribution >= 0.6 is 0 Å². The summed E-state index contributed by atoms with van der Waals surface area (Å²) < 4.78 is 26.8. The molecule has 29 heavy (non-hydrogen) atoms. The number of carbonyl (C=O) groups excluding carboxylic acids is 1. The van der Waals surface area contributed by atoms with Crippen LogP contribution in [0.15, 0.2) is 36.7 Å². The first-order valence-corrected chi connectivity index (χ1v) is 9.60. The monoisotopic (exact) mass is 395 g/mol. The Balaban J connectivity index is 1.46. The number of imidazole rings is 1. The smallest absolute Gasteiger partial charge is 0.259 e. The summed E-state index contributed by atoms with van der Waals surface area (Å²) in [6, 6.07) is 6.14. The number of anilines is 1. The van der Waals surface area contributed by atoms with Crippen LogP contribution in [-0.4, -0.2) is 34.6 Å². The predicted octanol–water partition coefficient (Wildman–Crippen LogP) is 3.86. The minimum Gasteiger partial charge on any atom is -0.493 e. The molecule has 1 aromatic carbocycles. The molecular weight excluding hydrogens is 373 g/mol. The highest BCUT2D eigenvalue weighted by Gasteiger charge is 2.61. The van der Waals surface area contributed by atoms with Crippen molar-refractivity contribution in [3.8, 4) is 5.75 Å². The molecule has 1 aliphatic carbocycles. The number of aryl methyl sites for hydroxylation is 1. The number of methoxy groups -OCH3 is 1. The van der Waals surface area contributed by atoms with Gasteiger partial charge in [-0.15, -0.1) is 0 Å². The maximum absolute atomic E-state index is 13.9. The lowest BCUT2D eigenvalue weighted by atomic mass is 9.62. The Labute approximate surface area is 167 Å². The van der Waals surface area contributed by atoms with Crippen LogP contribution in [0.1, 0.15) is 41.4 Å². The van der Waals surface area contributed by atoms with Crippen molar-refractivity contribution in [3.05, 3.63) is 59.3 Å². The van der Waals surface area contributed by atoms with Crippen LogP contribution in [0, 0.1) is 12.7 Å². The number of amides is 1. The zero-order chi connectivity index (χ0) is 20.4. The van der Waals surface area contributed by atoms with Gasteiger partial charge in [0.25, 0.3) is 5.91 Å². The van der Waals surface area contributed by atoms with Gasteiger partial charge in [0.2, 0.25) is 0 Å². The zero-order valence-electron chi connectivity index (χ0n) is 16.6. The second-order valence-corrected chi connectivity index (χ2v) is 8.42. The molecule has 4 heterocycles. The molecule has 2 aliphatic heterocycles. The molecule has 3 fully saturated rings. The maximum atomic E-state index is 13.9. The van der Waals surface area contributed by atoms with Crippen LogP contribution in [0.5, 0.6) is 5.75 Å². The number of para-hydroxylation sites is 1. The number of carbonyl (C=O) groups is 1. The van der Waals surface area contributed by atoms with Crippen LogP contribution in [0.4, 0.5) is 10.1 Å². The van der Waals surface area contributed by atoms with Crippen molar-refractivity contribution in [2.24, 2.45) is 0 Å². The van der Waals surface area contributed by atoms with E-state index in [1.54, 1.807) is 0 Å². The Bertz CT molecular complexity index is 1150. The molecule has 2 aromatic heterocycles. The molecule has 0 radical (unpaired) electrons. The quantitative estimate of drug-likeness (QED) is 0.729. The number of benzene rings is 1. The van der Waals surface area contributed by atoms with E-state index in [1.807, 2.05) is 29.8 Å². The van der Waals surface area contributed by atoms with Crippen LogP contribution in [0.25, 0.3) is 5.65 Å². The van der Waals surface area contributed by atoms with Crippen molar-refractivity contribution in [1.29, 1.82) is 0 Å². The molecule has 6 rings (SSSR count). The first-order valence-electron chi connectivity index (χ1n) is 9.60. The Morgan fingerprint density at radius 1 is 1.34 bits per heavy atom. The molecule has 2 bridgehead atoms. The van der Waals surface area contributed by atoms with Gasteiger partial charge in [0.15, 0.2) is 11.6 Å². The van der Waals surface area contributed by atoms with Crippen molar-refractivity contribution in [1.82, 2.24) is 9.38 Å².